The minimum absolute atomic E-state index is 0.0419. The molecule has 4 atom stereocenters. The lowest BCUT2D eigenvalue weighted by Crippen LogP contribution is -2.63. The van der Waals surface area contributed by atoms with Gasteiger partial charge in [-0.15, -0.1) is 0 Å². The van der Waals surface area contributed by atoms with Crippen LogP contribution in [-0.4, -0.2) is 88.9 Å². The third kappa shape index (κ3) is 12.8. The number of nitrogens with zero attached hydrogens (tertiary/aromatic N) is 1. The summed E-state index contributed by atoms with van der Waals surface area (Å²) in [5.74, 6) is 1.50. The van der Waals surface area contributed by atoms with Gasteiger partial charge < -0.3 is 19.3 Å². The van der Waals surface area contributed by atoms with Gasteiger partial charge in [0.05, 0.1) is 28.7 Å². The normalized spacial score (nSPS) is 35.4. The number of carbonyl (C=O) groups is 2. The van der Waals surface area contributed by atoms with Crippen LogP contribution in [0, 0.1) is 23.7 Å². The highest BCUT2D eigenvalue weighted by Gasteiger charge is 2.63. The van der Waals surface area contributed by atoms with Crippen molar-refractivity contribution in [2.75, 3.05) is 12.8 Å². The number of ether oxygens (including phenoxy) is 3. The Kier molecular flexibility index (Phi) is 16.5. The fraction of sp³-hybridized carbons (Fsp3) is 0.882. The third-order valence-corrected chi connectivity index (χ3v) is 16.7. The van der Waals surface area contributed by atoms with E-state index in [2.05, 4.69) is 66.5 Å². The molecule has 0 aromatic heterocycles. The quantitative estimate of drug-likeness (QED) is 0.108. The Hall–Kier alpha value is -1.79. The van der Waals surface area contributed by atoms with E-state index in [0.717, 1.165) is 89.9 Å². The van der Waals surface area contributed by atoms with Gasteiger partial charge in [-0.3, -0.25) is 9.08 Å². The Morgan fingerprint density at radius 3 is 1.32 bits per heavy atom. The lowest BCUT2D eigenvalue weighted by Gasteiger charge is -2.62. The van der Waals surface area contributed by atoms with Crippen molar-refractivity contribution in [3.8, 4) is 0 Å². The SMILES string of the molecule is C=C(C)C(=O)OC12CC3CC(C1)CC(OC1(CC)CCCC1)(C3)C2.C=C(C)C(=O)OC12CC3CC(C1)CC(OS(C)(=O)=O)(C3)C2.CCC1(O)CCCC1.CCN(C(C)C)C(C)C. The average molecular weight is 890 g/mol. The van der Waals surface area contributed by atoms with E-state index in [0.29, 0.717) is 53.3 Å². The van der Waals surface area contributed by atoms with Gasteiger partial charge in [0, 0.05) is 36.1 Å². The first kappa shape index (κ1) is 51.2. The van der Waals surface area contributed by atoms with Crippen LogP contribution in [0.5, 0.6) is 0 Å². The molecule has 8 bridgehead atoms. The van der Waals surface area contributed by atoms with E-state index in [4.69, 9.17) is 18.4 Å². The lowest BCUT2D eigenvalue weighted by molar-refractivity contribution is -0.264. The summed E-state index contributed by atoms with van der Waals surface area (Å²) in [4.78, 5) is 26.6. The summed E-state index contributed by atoms with van der Waals surface area (Å²) in [6, 6.07) is 1.38. The van der Waals surface area contributed by atoms with Crippen molar-refractivity contribution < 1.29 is 41.5 Å². The van der Waals surface area contributed by atoms with E-state index in [-0.39, 0.29) is 34.3 Å². The Morgan fingerprint density at radius 1 is 0.645 bits per heavy atom. The molecule has 10 fully saturated rings. The van der Waals surface area contributed by atoms with E-state index in [1.165, 1.54) is 57.8 Å². The van der Waals surface area contributed by atoms with Crippen molar-refractivity contribution in [3.05, 3.63) is 24.3 Å². The summed E-state index contributed by atoms with van der Waals surface area (Å²) >= 11 is 0. The van der Waals surface area contributed by atoms with Gasteiger partial charge in [0.15, 0.2) is 0 Å². The van der Waals surface area contributed by atoms with Gasteiger partial charge in [-0.2, -0.15) is 8.42 Å². The second-order valence-corrected chi connectivity index (χ2v) is 24.0. The van der Waals surface area contributed by atoms with Crippen LogP contribution >= 0.6 is 0 Å². The fourth-order valence-electron chi connectivity index (χ4n) is 14.3. The maximum atomic E-state index is 12.2. The minimum Gasteiger partial charge on any atom is -0.456 e. The average Bonchev–Trinajstić information content (AvgIpc) is 3.79. The standard InChI is InChI=1S/C21H32O3.C15H22O5S.C8H19N.C7H14O/c1-4-19(7-5-6-8-19)24-21-12-16-9-17(13-21)11-20(10-16,14-21)23-18(22)15(2)3;1-10(2)13(16)19-14-5-11-4-12(6-14)8-15(7-11,9-14)20-21(3,17)18;1-6-9(7(2)3)8(4)5;1-2-7(8)5-3-4-6-7/h16-17H,2,4-14H2,1,3H3;11-12H,1,4-9H2,2-3H3;7-8H,6H2,1-5H3;8H,2-6H2,1H3. The molecule has 10 rings (SSSR count). The number of aliphatic hydroxyl groups is 1. The van der Waals surface area contributed by atoms with Crippen molar-refractivity contribution in [2.24, 2.45) is 23.7 Å². The number of carbonyl (C=O) groups excluding carboxylic acids is 2. The third-order valence-electron chi connectivity index (χ3n) is 16.0. The maximum Gasteiger partial charge on any atom is 0.333 e. The Labute approximate surface area is 377 Å². The molecule has 0 aliphatic heterocycles. The van der Waals surface area contributed by atoms with E-state index < -0.39 is 21.3 Å². The van der Waals surface area contributed by atoms with Crippen molar-refractivity contribution >= 4 is 22.1 Å². The first-order chi connectivity index (χ1) is 28.8. The summed E-state index contributed by atoms with van der Waals surface area (Å²) in [5.41, 5.74) is -0.846. The van der Waals surface area contributed by atoms with Gasteiger partial charge in [0.2, 0.25) is 0 Å². The molecule has 10 nitrogen and oxygen atoms in total. The van der Waals surface area contributed by atoms with Crippen LogP contribution in [0.15, 0.2) is 24.3 Å². The van der Waals surface area contributed by atoms with Crippen LogP contribution < -0.4 is 0 Å². The summed E-state index contributed by atoms with van der Waals surface area (Å²) < 4.78 is 47.5. The molecule has 0 heterocycles. The van der Waals surface area contributed by atoms with Crippen LogP contribution in [-0.2, 0) is 38.1 Å². The first-order valence-corrected chi connectivity index (χ1v) is 26.5. The highest BCUT2D eigenvalue weighted by Crippen LogP contribution is 2.63. The second-order valence-electron chi connectivity index (χ2n) is 22.4. The molecular formula is C51H87NO9S. The number of rotatable bonds is 13. The molecule has 62 heavy (non-hydrogen) atoms. The van der Waals surface area contributed by atoms with E-state index in [9.17, 15) is 23.1 Å². The van der Waals surface area contributed by atoms with Crippen LogP contribution in [0.3, 0.4) is 0 Å². The van der Waals surface area contributed by atoms with Gasteiger partial charge in [-0.05, 0) is 174 Å². The second kappa shape index (κ2) is 20.0. The summed E-state index contributed by atoms with van der Waals surface area (Å²) in [7, 11) is -3.52. The molecule has 356 valence electrons. The Balaban J connectivity index is 0.000000173. The molecule has 10 aliphatic carbocycles. The largest absolute Gasteiger partial charge is 0.456 e. The van der Waals surface area contributed by atoms with Crippen molar-refractivity contribution in [1.29, 1.82) is 0 Å². The van der Waals surface area contributed by atoms with Crippen molar-refractivity contribution in [3.63, 3.8) is 0 Å². The van der Waals surface area contributed by atoms with Gasteiger partial charge in [0.1, 0.15) is 11.2 Å². The van der Waals surface area contributed by atoms with E-state index in [1.54, 1.807) is 13.8 Å². The Bertz CT molecular complexity index is 1650. The minimum atomic E-state index is -3.52. The molecule has 0 aromatic carbocycles. The maximum absolute atomic E-state index is 12.2. The summed E-state index contributed by atoms with van der Waals surface area (Å²) in [5, 5.41) is 9.50. The van der Waals surface area contributed by atoms with Gasteiger partial charge in [0.25, 0.3) is 10.1 Å². The van der Waals surface area contributed by atoms with Crippen LogP contribution in [0.2, 0.25) is 0 Å². The van der Waals surface area contributed by atoms with E-state index in [1.807, 2.05) is 0 Å². The molecule has 10 saturated carbocycles. The highest BCUT2D eigenvalue weighted by atomic mass is 32.2. The molecule has 0 amide bonds. The zero-order valence-electron chi connectivity index (χ0n) is 40.7. The molecule has 0 radical (unpaired) electrons. The number of hydrogen-bond acceptors (Lipinski definition) is 10. The molecule has 10 aliphatic rings. The molecule has 0 aromatic rings. The highest BCUT2D eigenvalue weighted by molar-refractivity contribution is 7.86. The predicted octanol–water partition coefficient (Wildman–Crippen LogP) is 10.9. The number of esters is 2. The van der Waals surface area contributed by atoms with Crippen molar-refractivity contribution in [1.82, 2.24) is 4.90 Å². The lowest BCUT2D eigenvalue weighted by atomic mass is 9.52. The van der Waals surface area contributed by atoms with Crippen LogP contribution in [0.1, 0.15) is 204 Å². The fourth-order valence-corrected chi connectivity index (χ4v) is 15.1. The predicted molar refractivity (Wildman–Crippen MR) is 247 cm³/mol. The monoisotopic (exact) mass is 890 g/mol. The van der Waals surface area contributed by atoms with Crippen molar-refractivity contribution in [2.45, 2.75) is 249 Å². The molecule has 11 heteroatoms. The molecule has 1 N–H and O–H groups in total. The van der Waals surface area contributed by atoms with Crippen LogP contribution in [0.4, 0.5) is 0 Å². The topological polar surface area (TPSA) is 129 Å². The van der Waals surface area contributed by atoms with Gasteiger partial charge in [-0.1, -0.05) is 59.6 Å². The van der Waals surface area contributed by atoms with Gasteiger partial charge in [-0.25, -0.2) is 9.59 Å². The Morgan fingerprint density at radius 2 is 1.02 bits per heavy atom. The molecular weight excluding hydrogens is 803 g/mol. The summed E-state index contributed by atoms with van der Waals surface area (Å²) in [6.07, 6.45) is 24.0. The number of hydrogen-bond donors (Lipinski definition) is 1. The van der Waals surface area contributed by atoms with Crippen LogP contribution in [0.25, 0.3) is 0 Å². The van der Waals surface area contributed by atoms with E-state index >= 15 is 0 Å². The smallest absolute Gasteiger partial charge is 0.333 e. The van der Waals surface area contributed by atoms with Gasteiger partial charge >= 0.3 is 11.9 Å². The first-order valence-electron chi connectivity index (χ1n) is 24.7. The molecule has 0 saturated heterocycles. The molecule has 4 unspecified atom stereocenters. The molecule has 0 spiro atoms. The zero-order valence-corrected chi connectivity index (χ0v) is 41.5. The summed E-state index contributed by atoms with van der Waals surface area (Å²) in [6.45, 7) is 27.5. The zero-order chi connectivity index (χ0) is 45.9.